The van der Waals surface area contributed by atoms with Crippen LogP contribution in [-0.4, -0.2) is 48.3 Å². The van der Waals surface area contributed by atoms with Gasteiger partial charge in [-0.1, -0.05) is 19.8 Å². The fourth-order valence-corrected chi connectivity index (χ4v) is 2.61. The van der Waals surface area contributed by atoms with Gasteiger partial charge < -0.3 is 15.3 Å². The molecule has 2 N–H and O–H groups in total. The molecule has 0 heterocycles. The number of aliphatic hydroxyl groups excluding tert-OH is 1. The Morgan fingerprint density at radius 2 is 2.00 bits per heavy atom. The Labute approximate surface area is 100 Å². The Kier molecular flexibility index (Phi) is 5.73. The summed E-state index contributed by atoms with van der Waals surface area (Å²) in [5.74, 6) is 0. The van der Waals surface area contributed by atoms with Crippen molar-refractivity contribution in [3.8, 4) is 0 Å². The highest BCUT2D eigenvalue weighted by atomic mass is 16.3. The molecule has 1 unspecified atom stereocenters. The lowest BCUT2D eigenvalue weighted by molar-refractivity contribution is 0.112. The van der Waals surface area contributed by atoms with E-state index < -0.39 is 0 Å². The average Bonchev–Trinajstić information content (AvgIpc) is 2.80. The van der Waals surface area contributed by atoms with E-state index in [0.717, 1.165) is 25.6 Å². The quantitative estimate of drug-likeness (QED) is 0.695. The molecule has 0 aromatic rings. The minimum Gasteiger partial charge on any atom is -0.394 e. The molecule has 16 heavy (non-hydrogen) atoms. The second-order valence-electron chi connectivity index (χ2n) is 5.50. The first-order chi connectivity index (χ1) is 7.61. The maximum absolute atomic E-state index is 9.51. The summed E-state index contributed by atoms with van der Waals surface area (Å²) in [7, 11) is 2.19. The number of hydrogen-bond donors (Lipinski definition) is 2. The summed E-state index contributed by atoms with van der Waals surface area (Å²) in [6, 6.07) is 0.731. The van der Waals surface area contributed by atoms with Gasteiger partial charge in [0.2, 0.25) is 0 Å². The molecule has 0 amide bonds. The van der Waals surface area contributed by atoms with Gasteiger partial charge in [0.1, 0.15) is 0 Å². The highest BCUT2D eigenvalue weighted by Gasteiger charge is 2.28. The van der Waals surface area contributed by atoms with Gasteiger partial charge in [0.25, 0.3) is 0 Å². The van der Waals surface area contributed by atoms with Gasteiger partial charge in [-0.05, 0) is 39.8 Å². The predicted octanol–water partition coefficient (Wildman–Crippen LogP) is 1.61. The van der Waals surface area contributed by atoms with E-state index in [4.69, 9.17) is 0 Å². The van der Waals surface area contributed by atoms with Crippen molar-refractivity contribution in [1.82, 2.24) is 10.2 Å². The predicted molar refractivity (Wildman–Crippen MR) is 68.7 cm³/mol. The van der Waals surface area contributed by atoms with Gasteiger partial charge in [0, 0.05) is 12.6 Å². The van der Waals surface area contributed by atoms with E-state index in [1.54, 1.807) is 0 Å². The smallest absolute Gasteiger partial charge is 0.0623 e. The van der Waals surface area contributed by atoms with Crippen molar-refractivity contribution in [2.75, 3.05) is 26.7 Å². The van der Waals surface area contributed by atoms with E-state index >= 15 is 0 Å². The Hall–Kier alpha value is -0.120. The van der Waals surface area contributed by atoms with E-state index in [0.29, 0.717) is 0 Å². The van der Waals surface area contributed by atoms with Crippen LogP contribution in [0.3, 0.4) is 0 Å². The van der Waals surface area contributed by atoms with Crippen molar-refractivity contribution in [2.24, 2.45) is 0 Å². The Balaban J connectivity index is 2.40. The third-order valence-electron chi connectivity index (χ3n) is 3.70. The Morgan fingerprint density at radius 3 is 2.50 bits per heavy atom. The molecular weight excluding hydrogens is 200 g/mol. The molecule has 1 aliphatic rings. The molecule has 0 radical (unpaired) electrons. The molecule has 3 nitrogen and oxygen atoms in total. The molecule has 1 fully saturated rings. The van der Waals surface area contributed by atoms with Gasteiger partial charge >= 0.3 is 0 Å². The number of nitrogens with one attached hydrogen (secondary N) is 1. The second kappa shape index (κ2) is 6.58. The molecule has 0 aromatic heterocycles. The van der Waals surface area contributed by atoms with Crippen LogP contribution in [0.2, 0.25) is 0 Å². The number of rotatable bonds is 7. The van der Waals surface area contributed by atoms with Gasteiger partial charge in [-0.15, -0.1) is 0 Å². The van der Waals surface area contributed by atoms with Crippen LogP contribution in [-0.2, 0) is 0 Å². The van der Waals surface area contributed by atoms with E-state index in [9.17, 15) is 5.11 Å². The molecule has 0 saturated heterocycles. The third-order valence-corrected chi connectivity index (χ3v) is 3.70. The maximum atomic E-state index is 9.51. The first-order valence-electron chi connectivity index (χ1n) is 6.67. The zero-order valence-electron chi connectivity index (χ0n) is 11.1. The fraction of sp³-hybridized carbons (Fsp3) is 1.00. The number of aliphatic hydroxyl groups is 1. The summed E-state index contributed by atoms with van der Waals surface area (Å²) in [6.45, 7) is 6.41. The summed E-state index contributed by atoms with van der Waals surface area (Å²) < 4.78 is 0. The zero-order chi connectivity index (χ0) is 12.0. The van der Waals surface area contributed by atoms with Crippen LogP contribution in [0, 0.1) is 0 Å². The van der Waals surface area contributed by atoms with Crippen molar-refractivity contribution < 1.29 is 5.11 Å². The number of nitrogens with zero attached hydrogens (tertiary/aromatic N) is 1. The van der Waals surface area contributed by atoms with Gasteiger partial charge in [-0.25, -0.2) is 0 Å². The van der Waals surface area contributed by atoms with E-state index in [1.807, 2.05) is 0 Å². The average molecular weight is 228 g/mol. The largest absolute Gasteiger partial charge is 0.394 e. The Morgan fingerprint density at radius 1 is 1.38 bits per heavy atom. The topological polar surface area (TPSA) is 35.5 Å². The molecule has 0 bridgehead atoms. The van der Waals surface area contributed by atoms with Crippen LogP contribution in [0.5, 0.6) is 0 Å². The summed E-state index contributed by atoms with van der Waals surface area (Å²) in [5.41, 5.74) is -0.145. The number of hydrogen-bond acceptors (Lipinski definition) is 3. The molecular formula is C13H28N2O. The minimum absolute atomic E-state index is 0.145. The molecule has 1 rings (SSSR count). The van der Waals surface area contributed by atoms with Gasteiger partial charge in [-0.2, -0.15) is 0 Å². The highest BCUT2D eigenvalue weighted by molar-refractivity contribution is 4.88. The van der Waals surface area contributed by atoms with Gasteiger partial charge in [0.05, 0.1) is 12.1 Å². The van der Waals surface area contributed by atoms with Crippen LogP contribution in [0.4, 0.5) is 0 Å². The van der Waals surface area contributed by atoms with E-state index in [-0.39, 0.29) is 12.1 Å². The normalized spacial score (nSPS) is 21.6. The molecule has 0 aromatic carbocycles. The van der Waals surface area contributed by atoms with E-state index in [2.05, 4.69) is 31.1 Å². The SMILES string of the molecule is CCCNC(C)(CO)CN(C)C1CCCC1. The molecule has 3 heteroatoms. The standard InChI is InChI=1S/C13H28N2O/c1-4-9-14-13(2,11-16)10-15(3)12-7-5-6-8-12/h12,14,16H,4-11H2,1-3H3. The van der Waals surface area contributed by atoms with Crippen LogP contribution in [0.1, 0.15) is 46.0 Å². The first kappa shape index (κ1) is 13.9. The van der Waals surface area contributed by atoms with Crippen molar-refractivity contribution in [3.05, 3.63) is 0 Å². The van der Waals surface area contributed by atoms with Crippen LogP contribution in [0.25, 0.3) is 0 Å². The Bertz CT molecular complexity index is 192. The van der Waals surface area contributed by atoms with E-state index in [1.165, 1.54) is 25.7 Å². The van der Waals surface area contributed by atoms with Crippen LogP contribution >= 0.6 is 0 Å². The number of likely N-dealkylation sites (N-methyl/N-ethyl adjacent to an activating group) is 1. The van der Waals surface area contributed by atoms with Crippen molar-refractivity contribution >= 4 is 0 Å². The molecule has 0 aliphatic heterocycles. The minimum atomic E-state index is -0.145. The summed E-state index contributed by atoms with van der Waals surface area (Å²) >= 11 is 0. The molecule has 1 aliphatic carbocycles. The van der Waals surface area contributed by atoms with Crippen LogP contribution in [0.15, 0.2) is 0 Å². The monoisotopic (exact) mass is 228 g/mol. The summed E-state index contributed by atoms with van der Waals surface area (Å²) in [5, 5.41) is 13.0. The second-order valence-corrected chi connectivity index (χ2v) is 5.50. The lowest BCUT2D eigenvalue weighted by atomic mass is 10.0. The fourth-order valence-electron chi connectivity index (χ4n) is 2.61. The molecule has 1 atom stereocenters. The highest BCUT2D eigenvalue weighted by Crippen LogP contribution is 2.23. The maximum Gasteiger partial charge on any atom is 0.0623 e. The molecule has 0 spiro atoms. The van der Waals surface area contributed by atoms with Gasteiger partial charge in [0.15, 0.2) is 0 Å². The van der Waals surface area contributed by atoms with Crippen molar-refractivity contribution in [1.29, 1.82) is 0 Å². The summed E-state index contributed by atoms with van der Waals surface area (Å²) in [4.78, 5) is 2.42. The van der Waals surface area contributed by atoms with Gasteiger partial charge in [-0.3, -0.25) is 0 Å². The van der Waals surface area contributed by atoms with Crippen LogP contribution < -0.4 is 5.32 Å². The lowest BCUT2D eigenvalue weighted by Gasteiger charge is -2.36. The molecule has 96 valence electrons. The summed E-state index contributed by atoms with van der Waals surface area (Å²) in [6.07, 6.45) is 6.50. The lowest BCUT2D eigenvalue weighted by Crippen LogP contribution is -2.55. The first-order valence-corrected chi connectivity index (χ1v) is 6.67. The third kappa shape index (κ3) is 4.04. The van der Waals surface area contributed by atoms with Crippen molar-refractivity contribution in [2.45, 2.75) is 57.5 Å². The van der Waals surface area contributed by atoms with Crippen molar-refractivity contribution in [3.63, 3.8) is 0 Å². The molecule has 1 saturated carbocycles. The zero-order valence-corrected chi connectivity index (χ0v) is 11.1.